The Morgan fingerprint density at radius 3 is 2.71 bits per heavy atom. The highest BCUT2D eigenvalue weighted by atomic mass is 16.5. The molecule has 110 valence electrons. The van der Waals surface area contributed by atoms with Gasteiger partial charge in [-0.05, 0) is 23.8 Å². The van der Waals surface area contributed by atoms with Gasteiger partial charge in [-0.25, -0.2) is 0 Å². The van der Waals surface area contributed by atoms with Gasteiger partial charge in [-0.15, -0.1) is 0 Å². The van der Waals surface area contributed by atoms with E-state index in [1.165, 1.54) is 5.56 Å². The lowest BCUT2D eigenvalue weighted by atomic mass is 10.1. The molecule has 1 aliphatic heterocycles. The average molecular weight is 285 g/mol. The minimum Gasteiger partial charge on any atom is -0.493 e. The van der Waals surface area contributed by atoms with Crippen LogP contribution < -0.4 is 19.5 Å². The van der Waals surface area contributed by atoms with Crippen LogP contribution in [0, 0.1) is 0 Å². The normalized spacial score (nSPS) is 16.2. The van der Waals surface area contributed by atoms with Crippen molar-refractivity contribution in [1.82, 2.24) is 5.32 Å². The van der Waals surface area contributed by atoms with Crippen molar-refractivity contribution >= 4 is 0 Å². The number of hydrogen-bond donors (Lipinski definition) is 1. The maximum atomic E-state index is 5.67. The van der Waals surface area contributed by atoms with Crippen LogP contribution in [0.4, 0.5) is 0 Å². The van der Waals surface area contributed by atoms with Gasteiger partial charge >= 0.3 is 0 Å². The number of benzene rings is 2. The maximum absolute atomic E-state index is 5.67. The van der Waals surface area contributed by atoms with Crippen LogP contribution in [0.25, 0.3) is 0 Å². The molecule has 0 saturated heterocycles. The first-order valence-electron chi connectivity index (χ1n) is 6.98. The van der Waals surface area contributed by atoms with Gasteiger partial charge in [0.15, 0.2) is 11.5 Å². The summed E-state index contributed by atoms with van der Waals surface area (Å²) in [5.74, 6) is 2.47. The number of nitrogens with one attached hydrogen (secondary N) is 1. The van der Waals surface area contributed by atoms with E-state index < -0.39 is 0 Å². The van der Waals surface area contributed by atoms with Crippen molar-refractivity contribution in [3.8, 4) is 17.2 Å². The second-order valence-electron chi connectivity index (χ2n) is 4.97. The predicted octanol–water partition coefficient (Wildman–Crippen LogP) is 2.93. The minimum absolute atomic E-state index is 0.231. The number of hydrogen-bond acceptors (Lipinski definition) is 4. The first-order chi connectivity index (χ1) is 10.3. The summed E-state index contributed by atoms with van der Waals surface area (Å²) in [4.78, 5) is 0. The lowest BCUT2D eigenvalue weighted by Crippen LogP contribution is -2.21. The molecule has 0 amide bonds. The molecule has 4 nitrogen and oxygen atoms in total. The van der Waals surface area contributed by atoms with Crippen LogP contribution in [0.1, 0.15) is 17.2 Å². The van der Waals surface area contributed by atoms with Gasteiger partial charge in [-0.3, -0.25) is 0 Å². The molecule has 3 rings (SSSR count). The maximum Gasteiger partial charge on any atom is 0.161 e. The van der Waals surface area contributed by atoms with Gasteiger partial charge in [0.25, 0.3) is 0 Å². The number of fused-ring (bicyclic) bond motifs is 1. The molecular formula is C17H19NO3. The molecule has 1 heterocycles. The Kier molecular flexibility index (Phi) is 3.97. The summed E-state index contributed by atoms with van der Waals surface area (Å²) >= 11 is 0. The zero-order valence-electron chi connectivity index (χ0n) is 12.3. The summed E-state index contributed by atoms with van der Waals surface area (Å²) < 4.78 is 16.3. The van der Waals surface area contributed by atoms with Gasteiger partial charge in [0, 0.05) is 12.1 Å². The zero-order valence-corrected chi connectivity index (χ0v) is 12.3. The van der Waals surface area contributed by atoms with E-state index in [0.717, 1.165) is 29.4 Å². The van der Waals surface area contributed by atoms with Crippen molar-refractivity contribution in [2.75, 3.05) is 20.8 Å². The second kappa shape index (κ2) is 6.06. The van der Waals surface area contributed by atoms with Gasteiger partial charge in [-0.1, -0.05) is 24.3 Å². The van der Waals surface area contributed by atoms with E-state index in [9.17, 15) is 0 Å². The third-order valence-corrected chi connectivity index (χ3v) is 3.70. The van der Waals surface area contributed by atoms with Crippen molar-refractivity contribution in [3.05, 3.63) is 53.6 Å². The Morgan fingerprint density at radius 2 is 1.90 bits per heavy atom. The zero-order chi connectivity index (χ0) is 14.7. The highest BCUT2D eigenvalue weighted by molar-refractivity contribution is 5.43. The lowest BCUT2D eigenvalue weighted by molar-refractivity contribution is 0.310. The third kappa shape index (κ3) is 2.81. The Labute approximate surface area is 124 Å². The standard InChI is InChI=1S/C17H19NO3/c1-19-16-8-7-12(9-17(16)20-2)10-18-14-11-21-15-6-4-3-5-13(14)15/h3-9,14,18H,10-11H2,1-2H3/t14-/m0/s1. The molecule has 0 aliphatic carbocycles. The van der Waals surface area contributed by atoms with Gasteiger partial charge in [0.1, 0.15) is 12.4 Å². The molecule has 1 aliphatic rings. The van der Waals surface area contributed by atoms with Crippen molar-refractivity contribution in [3.63, 3.8) is 0 Å². The molecule has 0 radical (unpaired) electrons. The Morgan fingerprint density at radius 1 is 1.10 bits per heavy atom. The highest BCUT2D eigenvalue weighted by Gasteiger charge is 2.22. The quantitative estimate of drug-likeness (QED) is 0.917. The van der Waals surface area contributed by atoms with Gasteiger partial charge < -0.3 is 19.5 Å². The molecule has 1 N–H and O–H groups in total. The molecular weight excluding hydrogens is 266 g/mol. The van der Waals surface area contributed by atoms with E-state index in [4.69, 9.17) is 14.2 Å². The van der Waals surface area contributed by atoms with Crippen molar-refractivity contribution in [2.24, 2.45) is 0 Å². The summed E-state index contributed by atoms with van der Waals surface area (Å²) in [6.07, 6.45) is 0. The van der Waals surface area contributed by atoms with E-state index in [-0.39, 0.29) is 6.04 Å². The Bertz CT molecular complexity index is 627. The lowest BCUT2D eigenvalue weighted by Gasteiger charge is -2.13. The molecule has 21 heavy (non-hydrogen) atoms. The number of rotatable bonds is 5. The van der Waals surface area contributed by atoms with Crippen LogP contribution in [0.2, 0.25) is 0 Å². The fourth-order valence-electron chi connectivity index (χ4n) is 2.56. The van der Waals surface area contributed by atoms with Gasteiger partial charge in [0.2, 0.25) is 0 Å². The van der Waals surface area contributed by atoms with E-state index >= 15 is 0 Å². The first-order valence-corrected chi connectivity index (χ1v) is 6.98. The molecule has 1 atom stereocenters. The van der Waals surface area contributed by atoms with Crippen molar-refractivity contribution in [1.29, 1.82) is 0 Å². The minimum atomic E-state index is 0.231. The second-order valence-corrected chi connectivity index (χ2v) is 4.97. The van der Waals surface area contributed by atoms with E-state index in [1.807, 2.05) is 36.4 Å². The Hall–Kier alpha value is -2.20. The molecule has 0 fully saturated rings. The topological polar surface area (TPSA) is 39.7 Å². The SMILES string of the molecule is COc1ccc(CN[C@H]2COc3ccccc32)cc1OC. The summed E-state index contributed by atoms with van der Waals surface area (Å²) in [5, 5.41) is 3.52. The summed E-state index contributed by atoms with van der Waals surface area (Å²) in [6, 6.07) is 14.3. The summed E-state index contributed by atoms with van der Waals surface area (Å²) in [7, 11) is 3.29. The predicted molar refractivity (Wildman–Crippen MR) is 81.1 cm³/mol. The number of ether oxygens (including phenoxy) is 3. The van der Waals surface area contributed by atoms with E-state index in [2.05, 4.69) is 11.4 Å². The monoisotopic (exact) mass is 285 g/mol. The fraction of sp³-hybridized carbons (Fsp3) is 0.294. The van der Waals surface area contributed by atoms with Crippen LogP contribution >= 0.6 is 0 Å². The number of methoxy groups -OCH3 is 2. The Balaban J connectivity index is 1.69. The van der Waals surface area contributed by atoms with E-state index in [0.29, 0.717) is 6.61 Å². The van der Waals surface area contributed by atoms with Crippen LogP contribution in [-0.4, -0.2) is 20.8 Å². The van der Waals surface area contributed by atoms with Gasteiger partial charge in [-0.2, -0.15) is 0 Å². The largest absolute Gasteiger partial charge is 0.493 e. The van der Waals surface area contributed by atoms with Crippen LogP contribution in [0.5, 0.6) is 17.2 Å². The smallest absolute Gasteiger partial charge is 0.161 e. The molecule has 2 aromatic rings. The molecule has 0 unspecified atom stereocenters. The highest BCUT2D eigenvalue weighted by Crippen LogP contribution is 2.32. The first kappa shape index (κ1) is 13.8. The molecule has 2 aromatic carbocycles. The third-order valence-electron chi connectivity index (χ3n) is 3.70. The van der Waals surface area contributed by atoms with E-state index in [1.54, 1.807) is 14.2 Å². The van der Waals surface area contributed by atoms with Crippen molar-refractivity contribution < 1.29 is 14.2 Å². The molecule has 4 heteroatoms. The number of para-hydroxylation sites is 1. The van der Waals surface area contributed by atoms with Crippen LogP contribution in [0.15, 0.2) is 42.5 Å². The summed E-state index contributed by atoms with van der Waals surface area (Å²) in [5.41, 5.74) is 2.37. The molecule has 0 spiro atoms. The van der Waals surface area contributed by atoms with Crippen LogP contribution in [-0.2, 0) is 6.54 Å². The molecule has 0 saturated carbocycles. The van der Waals surface area contributed by atoms with Crippen LogP contribution in [0.3, 0.4) is 0 Å². The fourth-order valence-corrected chi connectivity index (χ4v) is 2.56. The van der Waals surface area contributed by atoms with Gasteiger partial charge in [0.05, 0.1) is 20.3 Å². The average Bonchev–Trinajstić information content (AvgIpc) is 2.96. The molecule has 0 bridgehead atoms. The summed E-state index contributed by atoms with van der Waals surface area (Å²) in [6.45, 7) is 1.43. The molecule has 0 aromatic heterocycles. The van der Waals surface area contributed by atoms with Crippen molar-refractivity contribution in [2.45, 2.75) is 12.6 Å².